The molecule has 6 heteroatoms. The molecule has 0 bridgehead atoms. The molecule has 0 aliphatic rings. The highest BCUT2D eigenvalue weighted by molar-refractivity contribution is 5.76. The second-order valence-corrected chi connectivity index (χ2v) is 4.19. The predicted molar refractivity (Wildman–Crippen MR) is 65.1 cm³/mol. The first-order valence-corrected chi connectivity index (χ1v) is 5.98. The topological polar surface area (TPSA) is 85.8 Å². The van der Waals surface area contributed by atoms with E-state index in [1.165, 1.54) is 0 Å². The van der Waals surface area contributed by atoms with E-state index in [1.54, 1.807) is 10.9 Å². The molecule has 1 rings (SSSR count). The van der Waals surface area contributed by atoms with E-state index >= 15 is 0 Å². The number of hydrogen-bond acceptors (Lipinski definition) is 4. The lowest BCUT2D eigenvalue weighted by molar-refractivity contribution is -0.121. The molecule has 1 aromatic rings. The Bertz CT molecular complexity index is 349. The highest BCUT2D eigenvalue weighted by Gasteiger charge is 2.13. The van der Waals surface area contributed by atoms with Gasteiger partial charge in [-0.15, -0.1) is 10.2 Å². The number of aryl methyl sites for hydroxylation is 1. The minimum atomic E-state index is -0.107. The van der Waals surface area contributed by atoms with Crippen molar-refractivity contribution in [1.82, 2.24) is 20.1 Å². The van der Waals surface area contributed by atoms with Gasteiger partial charge >= 0.3 is 0 Å². The van der Waals surface area contributed by atoms with Gasteiger partial charge in [-0.25, -0.2) is 0 Å². The van der Waals surface area contributed by atoms with Crippen LogP contribution >= 0.6 is 0 Å². The lowest BCUT2D eigenvalue weighted by Gasteiger charge is -2.12. The van der Waals surface area contributed by atoms with Crippen LogP contribution in [0.2, 0.25) is 0 Å². The third-order valence-electron chi connectivity index (χ3n) is 2.62. The number of nitrogens with zero attached hydrogens (tertiary/aromatic N) is 3. The summed E-state index contributed by atoms with van der Waals surface area (Å²) in [5, 5.41) is 10.7. The van der Waals surface area contributed by atoms with Crippen LogP contribution < -0.4 is 11.1 Å². The van der Waals surface area contributed by atoms with Gasteiger partial charge in [0.2, 0.25) is 5.91 Å². The van der Waals surface area contributed by atoms with E-state index in [-0.39, 0.29) is 11.9 Å². The molecule has 3 N–H and O–H groups in total. The summed E-state index contributed by atoms with van der Waals surface area (Å²) in [6, 6.07) is -0.107. The van der Waals surface area contributed by atoms with Gasteiger partial charge in [0.05, 0.1) is 6.04 Å². The summed E-state index contributed by atoms with van der Waals surface area (Å²) in [5.41, 5.74) is 5.39. The molecule has 1 heterocycles. The molecule has 0 radical (unpaired) electrons. The van der Waals surface area contributed by atoms with Crippen LogP contribution in [0.4, 0.5) is 0 Å². The van der Waals surface area contributed by atoms with Crippen LogP contribution in [0.1, 0.15) is 44.5 Å². The minimum absolute atomic E-state index is 0.0533. The van der Waals surface area contributed by atoms with Crippen molar-refractivity contribution in [3.8, 4) is 0 Å². The van der Waals surface area contributed by atoms with Gasteiger partial charge in [0.1, 0.15) is 6.33 Å². The van der Waals surface area contributed by atoms with Gasteiger partial charge in [0, 0.05) is 13.5 Å². The summed E-state index contributed by atoms with van der Waals surface area (Å²) in [7, 11) is 1.86. The molecule has 0 aliphatic heterocycles. The largest absolute Gasteiger partial charge is 0.346 e. The lowest BCUT2D eigenvalue weighted by Crippen LogP contribution is -2.28. The monoisotopic (exact) mass is 239 g/mol. The third kappa shape index (κ3) is 4.52. The molecule has 17 heavy (non-hydrogen) atoms. The number of hydrogen-bond donors (Lipinski definition) is 2. The fourth-order valence-corrected chi connectivity index (χ4v) is 1.67. The molecule has 0 spiro atoms. The number of carbonyl (C=O) groups excluding carboxylic acids is 1. The van der Waals surface area contributed by atoms with Crippen molar-refractivity contribution in [2.45, 2.75) is 38.6 Å². The van der Waals surface area contributed by atoms with Crippen molar-refractivity contribution in [1.29, 1.82) is 0 Å². The van der Waals surface area contributed by atoms with Crippen LogP contribution in [0.15, 0.2) is 6.33 Å². The summed E-state index contributed by atoms with van der Waals surface area (Å²) >= 11 is 0. The second-order valence-electron chi connectivity index (χ2n) is 4.19. The zero-order chi connectivity index (χ0) is 12.7. The summed E-state index contributed by atoms with van der Waals surface area (Å²) in [6.45, 7) is 2.60. The molecule has 0 saturated carbocycles. The number of unbranched alkanes of at least 4 members (excludes halogenated alkanes) is 2. The fraction of sp³-hybridized carbons (Fsp3) is 0.727. The highest BCUT2D eigenvalue weighted by Crippen LogP contribution is 2.08. The summed E-state index contributed by atoms with van der Waals surface area (Å²) in [5.74, 6) is 0.817. The van der Waals surface area contributed by atoms with Crippen LogP contribution in [0.3, 0.4) is 0 Å². The van der Waals surface area contributed by atoms with Crippen LogP contribution in [-0.4, -0.2) is 27.2 Å². The van der Waals surface area contributed by atoms with Crippen molar-refractivity contribution < 1.29 is 4.79 Å². The number of carbonyl (C=O) groups is 1. The lowest BCUT2D eigenvalue weighted by atomic mass is 10.2. The third-order valence-corrected chi connectivity index (χ3v) is 2.62. The first-order chi connectivity index (χ1) is 8.15. The summed E-state index contributed by atoms with van der Waals surface area (Å²) < 4.78 is 1.80. The van der Waals surface area contributed by atoms with Crippen molar-refractivity contribution >= 4 is 5.91 Å². The van der Waals surface area contributed by atoms with E-state index in [4.69, 9.17) is 5.73 Å². The van der Waals surface area contributed by atoms with Crippen molar-refractivity contribution in [2.24, 2.45) is 12.8 Å². The standard InChI is InChI=1S/C11H21N5O/c1-9(11-15-13-8-16(11)2)14-10(17)6-4-3-5-7-12/h8-9H,3-7,12H2,1-2H3,(H,14,17). The number of rotatable bonds is 7. The Hall–Kier alpha value is -1.43. The van der Waals surface area contributed by atoms with Gasteiger partial charge in [-0.05, 0) is 26.3 Å². The predicted octanol–water partition coefficient (Wildman–Crippen LogP) is 0.511. The van der Waals surface area contributed by atoms with E-state index in [9.17, 15) is 4.79 Å². The van der Waals surface area contributed by atoms with E-state index in [0.717, 1.165) is 25.1 Å². The van der Waals surface area contributed by atoms with Crippen LogP contribution in [-0.2, 0) is 11.8 Å². The number of amides is 1. The molecule has 0 saturated heterocycles. The maximum absolute atomic E-state index is 11.6. The van der Waals surface area contributed by atoms with Gasteiger partial charge in [0.25, 0.3) is 0 Å². The molecule has 1 amide bonds. The van der Waals surface area contributed by atoms with Crippen molar-refractivity contribution in [3.63, 3.8) is 0 Å². The Labute approximate surface area is 102 Å². The van der Waals surface area contributed by atoms with E-state index in [1.807, 2.05) is 14.0 Å². The summed E-state index contributed by atoms with van der Waals surface area (Å²) in [6.07, 6.45) is 5.03. The average Bonchev–Trinajstić information content (AvgIpc) is 2.71. The molecular formula is C11H21N5O. The number of nitrogens with one attached hydrogen (secondary N) is 1. The molecule has 1 atom stereocenters. The average molecular weight is 239 g/mol. The van der Waals surface area contributed by atoms with Crippen molar-refractivity contribution in [3.05, 3.63) is 12.2 Å². The van der Waals surface area contributed by atoms with Crippen molar-refractivity contribution in [2.75, 3.05) is 6.54 Å². The van der Waals surface area contributed by atoms with E-state index < -0.39 is 0 Å². The van der Waals surface area contributed by atoms with Crippen LogP contribution in [0, 0.1) is 0 Å². The maximum Gasteiger partial charge on any atom is 0.220 e. The van der Waals surface area contributed by atoms with Gasteiger partial charge in [-0.1, -0.05) is 6.42 Å². The van der Waals surface area contributed by atoms with Crippen LogP contribution in [0.25, 0.3) is 0 Å². The highest BCUT2D eigenvalue weighted by atomic mass is 16.1. The molecule has 0 aliphatic carbocycles. The van der Waals surface area contributed by atoms with Gasteiger partial charge in [0.15, 0.2) is 5.82 Å². The zero-order valence-corrected chi connectivity index (χ0v) is 10.5. The fourth-order valence-electron chi connectivity index (χ4n) is 1.67. The van der Waals surface area contributed by atoms with E-state index in [0.29, 0.717) is 13.0 Å². The normalized spacial score (nSPS) is 12.4. The minimum Gasteiger partial charge on any atom is -0.346 e. The molecule has 0 aromatic carbocycles. The first kappa shape index (κ1) is 13.6. The summed E-state index contributed by atoms with van der Waals surface area (Å²) in [4.78, 5) is 11.6. The molecule has 6 nitrogen and oxygen atoms in total. The first-order valence-electron chi connectivity index (χ1n) is 5.98. The Kier molecular flexibility index (Phi) is 5.62. The van der Waals surface area contributed by atoms with E-state index in [2.05, 4.69) is 15.5 Å². The number of nitrogens with two attached hydrogens (primary N) is 1. The Morgan fingerprint density at radius 3 is 2.88 bits per heavy atom. The van der Waals surface area contributed by atoms with Crippen LogP contribution in [0.5, 0.6) is 0 Å². The molecule has 1 unspecified atom stereocenters. The van der Waals surface area contributed by atoms with Gasteiger partial charge in [-0.2, -0.15) is 0 Å². The molecular weight excluding hydrogens is 218 g/mol. The Morgan fingerprint density at radius 2 is 2.29 bits per heavy atom. The van der Waals surface area contributed by atoms with Gasteiger partial charge < -0.3 is 15.6 Å². The Balaban J connectivity index is 2.29. The maximum atomic E-state index is 11.6. The quantitative estimate of drug-likeness (QED) is 0.679. The molecule has 96 valence electrons. The SMILES string of the molecule is CC(NC(=O)CCCCCN)c1nncn1C. The second kappa shape index (κ2) is 7.01. The molecule has 0 fully saturated rings. The zero-order valence-electron chi connectivity index (χ0n) is 10.5. The smallest absolute Gasteiger partial charge is 0.220 e. The number of aromatic nitrogens is 3. The van der Waals surface area contributed by atoms with Gasteiger partial charge in [-0.3, -0.25) is 4.79 Å². The molecule has 1 aromatic heterocycles. The Morgan fingerprint density at radius 1 is 1.53 bits per heavy atom.